The molecule has 1 fully saturated rings. The molecule has 9 heteroatoms. The molecule has 0 saturated heterocycles. The molecule has 2 heterocycles. The number of hydrogen-bond donors (Lipinski definition) is 2. The minimum atomic E-state index is -0.414. The molecule has 2 aliphatic rings. The lowest BCUT2D eigenvalue weighted by Gasteiger charge is -2.36. The van der Waals surface area contributed by atoms with Crippen molar-refractivity contribution in [2.24, 2.45) is 11.8 Å². The van der Waals surface area contributed by atoms with E-state index < -0.39 is 6.04 Å². The van der Waals surface area contributed by atoms with Crippen LogP contribution in [0.15, 0.2) is 42.7 Å². The van der Waals surface area contributed by atoms with Gasteiger partial charge in [-0.25, -0.2) is 0 Å². The zero-order valence-electron chi connectivity index (χ0n) is 24.9. The molecule has 1 saturated carbocycles. The molecule has 1 aromatic carbocycles. The molecule has 1 aliphatic carbocycles. The minimum Gasteiger partial charge on any atom is -0.490 e. The maximum Gasteiger partial charge on any atom is 0.258 e. The van der Waals surface area contributed by atoms with Crippen molar-refractivity contribution in [2.75, 3.05) is 45.2 Å². The summed E-state index contributed by atoms with van der Waals surface area (Å²) in [5.74, 6) is 0.756. The van der Waals surface area contributed by atoms with Crippen molar-refractivity contribution in [3.8, 4) is 5.75 Å². The Morgan fingerprint density at radius 1 is 1.15 bits per heavy atom. The summed E-state index contributed by atoms with van der Waals surface area (Å²) in [5.41, 5.74) is 1.32. The summed E-state index contributed by atoms with van der Waals surface area (Å²) < 4.78 is 12.7. The molecule has 224 valence electrons. The standard InChI is InChI=1S/C32H46N4O5/c1-22-18-36(23(2)21-37)32(39)28-17-27(34-31(38)26-12-14-33-15-13-26)10-11-29(28)41-24(3)7-5-6-16-40-30(22)20-35(4)19-25-8-9-25/h10-15,17,22-25,30,37H,5-9,16,18-21H2,1-4H3,(H,34,38)/t22-,23+,24+,30-/m0/s1. The van der Waals surface area contributed by atoms with Gasteiger partial charge in [0.05, 0.1) is 30.4 Å². The highest BCUT2D eigenvalue weighted by Crippen LogP contribution is 2.31. The molecular formula is C32H46N4O5. The first kappa shape index (κ1) is 30.9. The lowest BCUT2D eigenvalue weighted by atomic mass is 10.0. The second-order valence-corrected chi connectivity index (χ2v) is 11.9. The molecule has 0 spiro atoms. The third kappa shape index (κ3) is 8.99. The summed E-state index contributed by atoms with van der Waals surface area (Å²) in [6.45, 7) is 8.76. The Labute approximate surface area is 244 Å². The number of carbonyl (C=O) groups excluding carboxylic acids is 2. The molecule has 41 heavy (non-hydrogen) atoms. The second-order valence-electron chi connectivity index (χ2n) is 11.9. The molecule has 2 aromatic rings. The Hall–Kier alpha value is -3.01. The van der Waals surface area contributed by atoms with E-state index in [1.54, 1.807) is 47.6 Å². The molecule has 9 nitrogen and oxygen atoms in total. The van der Waals surface area contributed by atoms with Gasteiger partial charge in [0.25, 0.3) is 11.8 Å². The Kier molecular flexibility index (Phi) is 11.1. The lowest BCUT2D eigenvalue weighted by molar-refractivity contribution is -0.0172. The van der Waals surface area contributed by atoms with Crippen LogP contribution in [0, 0.1) is 11.8 Å². The van der Waals surface area contributed by atoms with Crippen molar-refractivity contribution in [3.05, 3.63) is 53.9 Å². The maximum absolute atomic E-state index is 14.2. The first-order chi connectivity index (χ1) is 19.7. The smallest absolute Gasteiger partial charge is 0.258 e. The predicted octanol–water partition coefficient (Wildman–Crippen LogP) is 4.47. The van der Waals surface area contributed by atoms with E-state index in [0.29, 0.717) is 35.7 Å². The number of hydrogen-bond acceptors (Lipinski definition) is 7. The number of nitrogens with one attached hydrogen (secondary N) is 1. The van der Waals surface area contributed by atoms with Gasteiger partial charge in [0, 0.05) is 55.8 Å². The van der Waals surface area contributed by atoms with Gasteiger partial charge in [-0.15, -0.1) is 0 Å². The molecule has 0 unspecified atom stereocenters. The van der Waals surface area contributed by atoms with Gasteiger partial charge in [0.2, 0.25) is 0 Å². The molecule has 4 rings (SSSR count). The number of aromatic nitrogens is 1. The van der Waals surface area contributed by atoms with Gasteiger partial charge in [-0.05, 0) is 89.2 Å². The number of pyridine rings is 1. The Morgan fingerprint density at radius 2 is 1.90 bits per heavy atom. The van der Waals surface area contributed by atoms with Crippen LogP contribution in [0.25, 0.3) is 0 Å². The van der Waals surface area contributed by atoms with Crippen LogP contribution in [0.5, 0.6) is 5.75 Å². The fourth-order valence-electron chi connectivity index (χ4n) is 5.29. The number of ether oxygens (including phenoxy) is 2. The van der Waals surface area contributed by atoms with E-state index in [2.05, 4.69) is 29.2 Å². The van der Waals surface area contributed by atoms with E-state index in [1.807, 2.05) is 13.8 Å². The fourth-order valence-corrected chi connectivity index (χ4v) is 5.29. The number of aliphatic hydroxyl groups excluding tert-OH is 1. The first-order valence-electron chi connectivity index (χ1n) is 15.0. The molecular weight excluding hydrogens is 520 g/mol. The number of likely N-dealkylation sites (N-methyl/N-ethyl adjacent to an activating group) is 1. The third-order valence-corrected chi connectivity index (χ3v) is 8.01. The largest absolute Gasteiger partial charge is 0.490 e. The third-order valence-electron chi connectivity index (χ3n) is 8.01. The summed E-state index contributed by atoms with van der Waals surface area (Å²) in [4.78, 5) is 35.1. The highest BCUT2D eigenvalue weighted by molar-refractivity contribution is 6.05. The van der Waals surface area contributed by atoms with Crippen LogP contribution in [0.2, 0.25) is 0 Å². The summed E-state index contributed by atoms with van der Waals surface area (Å²) >= 11 is 0. The predicted molar refractivity (Wildman–Crippen MR) is 159 cm³/mol. The van der Waals surface area contributed by atoms with Crippen LogP contribution < -0.4 is 10.1 Å². The second kappa shape index (κ2) is 14.8. The van der Waals surface area contributed by atoms with Gasteiger partial charge >= 0.3 is 0 Å². The van der Waals surface area contributed by atoms with E-state index >= 15 is 0 Å². The van der Waals surface area contributed by atoms with Crippen LogP contribution in [0.4, 0.5) is 5.69 Å². The normalized spacial score (nSPS) is 23.3. The van der Waals surface area contributed by atoms with Crippen LogP contribution >= 0.6 is 0 Å². The summed E-state index contributed by atoms with van der Waals surface area (Å²) in [6.07, 6.45) is 8.30. The van der Waals surface area contributed by atoms with Gasteiger partial charge in [0.15, 0.2) is 0 Å². The lowest BCUT2D eigenvalue weighted by Crippen LogP contribution is -2.47. The van der Waals surface area contributed by atoms with E-state index in [1.165, 1.54) is 12.8 Å². The molecule has 2 N–H and O–H groups in total. The molecule has 1 aromatic heterocycles. The number of aliphatic hydroxyl groups is 1. The number of anilines is 1. The SMILES string of the molecule is C[C@@H]1CCCCO[C@@H](CN(C)CC2CC2)[C@@H](C)CN([C@H](C)CO)C(=O)c2cc(NC(=O)c3ccncc3)ccc2O1. The number of nitrogens with zero attached hydrogens (tertiary/aromatic N) is 3. The Balaban J connectivity index is 1.62. The average molecular weight is 567 g/mol. The topological polar surface area (TPSA) is 104 Å². The maximum atomic E-state index is 14.2. The fraction of sp³-hybridized carbons (Fsp3) is 0.594. The molecule has 0 bridgehead atoms. The van der Waals surface area contributed by atoms with Crippen molar-refractivity contribution >= 4 is 17.5 Å². The van der Waals surface area contributed by atoms with Gasteiger partial charge in [-0.3, -0.25) is 14.6 Å². The van der Waals surface area contributed by atoms with Crippen molar-refractivity contribution in [2.45, 2.75) is 71.1 Å². The molecule has 2 amide bonds. The van der Waals surface area contributed by atoms with E-state index in [9.17, 15) is 14.7 Å². The van der Waals surface area contributed by atoms with E-state index in [0.717, 1.165) is 38.3 Å². The minimum absolute atomic E-state index is 0.0374. The van der Waals surface area contributed by atoms with E-state index in [-0.39, 0.29) is 36.5 Å². The number of fused-ring (bicyclic) bond motifs is 1. The van der Waals surface area contributed by atoms with Gasteiger partial charge < -0.3 is 29.7 Å². The van der Waals surface area contributed by atoms with E-state index in [4.69, 9.17) is 9.47 Å². The highest BCUT2D eigenvalue weighted by atomic mass is 16.5. The first-order valence-corrected chi connectivity index (χ1v) is 15.0. The van der Waals surface area contributed by atoms with Crippen LogP contribution in [0.3, 0.4) is 0 Å². The zero-order chi connectivity index (χ0) is 29.4. The summed E-state index contributed by atoms with van der Waals surface area (Å²) in [7, 11) is 2.15. The zero-order valence-corrected chi connectivity index (χ0v) is 24.9. The van der Waals surface area contributed by atoms with Crippen LogP contribution in [0.1, 0.15) is 73.6 Å². The Bertz CT molecular complexity index is 1140. The number of rotatable bonds is 8. The van der Waals surface area contributed by atoms with Crippen LogP contribution in [-0.4, -0.2) is 89.9 Å². The quantitative estimate of drug-likeness (QED) is 0.486. The number of benzene rings is 1. The van der Waals surface area contributed by atoms with Gasteiger partial charge in [-0.1, -0.05) is 6.92 Å². The molecule has 0 radical (unpaired) electrons. The van der Waals surface area contributed by atoms with Gasteiger partial charge in [-0.2, -0.15) is 0 Å². The monoisotopic (exact) mass is 566 g/mol. The molecule has 4 atom stereocenters. The highest BCUT2D eigenvalue weighted by Gasteiger charge is 2.31. The van der Waals surface area contributed by atoms with Crippen molar-refractivity contribution in [1.29, 1.82) is 0 Å². The Morgan fingerprint density at radius 3 is 2.61 bits per heavy atom. The van der Waals surface area contributed by atoms with Crippen molar-refractivity contribution in [1.82, 2.24) is 14.8 Å². The van der Waals surface area contributed by atoms with Crippen molar-refractivity contribution in [3.63, 3.8) is 0 Å². The number of amides is 2. The average Bonchev–Trinajstić information content (AvgIpc) is 3.78. The summed E-state index contributed by atoms with van der Waals surface area (Å²) in [5, 5.41) is 13.0. The van der Waals surface area contributed by atoms with Gasteiger partial charge in [0.1, 0.15) is 5.75 Å². The van der Waals surface area contributed by atoms with Crippen LogP contribution in [-0.2, 0) is 4.74 Å². The van der Waals surface area contributed by atoms with Crippen molar-refractivity contribution < 1.29 is 24.2 Å². The number of carbonyl (C=O) groups is 2. The summed E-state index contributed by atoms with van der Waals surface area (Å²) in [6, 6.07) is 8.04. The molecule has 1 aliphatic heterocycles.